The molecule has 1 aromatic rings. The minimum absolute atomic E-state index is 0.199. The lowest BCUT2D eigenvalue weighted by Gasteiger charge is -2.09. The Kier molecular flexibility index (Phi) is 3.45. The zero-order valence-electron chi connectivity index (χ0n) is 10.2. The van der Waals surface area contributed by atoms with Gasteiger partial charge in [-0.3, -0.25) is 0 Å². The van der Waals surface area contributed by atoms with Crippen LogP contribution in [0.15, 0.2) is 24.3 Å². The van der Waals surface area contributed by atoms with Crippen molar-refractivity contribution in [2.24, 2.45) is 0 Å². The number of hydrogen-bond acceptors (Lipinski definition) is 3. The SMILES string of the molecule is CCCCSB1NC2c3ccccc3CC2O1. The predicted octanol–water partition coefficient (Wildman–Crippen LogP) is 2.79. The van der Waals surface area contributed by atoms with Crippen LogP contribution < -0.4 is 5.23 Å². The molecule has 1 heterocycles. The largest absolute Gasteiger partial charge is 0.453 e. The number of benzene rings is 1. The van der Waals surface area contributed by atoms with Crippen molar-refractivity contribution in [3.63, 3.8) is 0 Å². The van der Waals surface area contributed by atoms with Gasteiger partial charge in [0, 0.05) is 0 Å². The first-order chi connectivity index (χ1) is 8.38. The second kappa shape index (κ2) is 5.05. The molecule has 2 atom stereocenters. The standard InChI is InChI=1S/C13H18BNOS/c1-2-3-8-17-14-15-13-11-7-5-4-6-10(11)9-12(13)16-14/h4-7,12-13,15H,2-3,8-9H2,1H3. The molecule has 1 fully saturated rings. The van der Waals surface area contributed by atoms with Crippen LogP contribution in [0.3, 0.4) is 0 Å². The Bertz CT molecular complexity index is 401. The van der Waals surface area contributed by atoms with Gasteiger partial charge in [-0.15, -0.1) is 0 Å². The fourth-order valence-electron chi connectivity index (χ4n) is 2.65. The fraction of sp³-hybridized carbons (Fsp3) is 0.538. The van der Waals surface area contributed by atoms with Crippen LogP contribution in [0.25, 0.3) is 0 Å². The average Bonchev–Trinajstić information content (AvgIpc) is 2.86. The van der Waals surface area contributed by atoms with E-state index in [4.69, 9.17) is 4.65 Å². The lowest BCUT2D eigenvalue weighted by atomic mass is 10.1. The van der Waals surface area contributed by atoms with Gasteiger partial charge in [0.2, 0.25) is 0 Å². The van der Waals surface area contributed by atoms with Gasteiger partial charge >= 0.3 is 6.33 Å². The quantitative estimate of drug-likeness (QED) is 0.653. The molecule has 3 rings (SSSR count). The van der Waals surface area contributed by atoms with Gasteiger partial charge in [0.25, 0.3) is 0 Å². The average molecular weight is 247 g/mol. The van der Waals surface area contributed by atoms with Gasteiger partial charge in [-0.25, -0.2) is 0 Å². The summed E-state index contributed by atoms with van der Waals surface area (Å²) in [5.41, 5.74) is 2.89. The van der Waals surface area contributed by atoms with Gasteiger partial charge in [0.1, 0.15) is 0 Å². The van der Waals surface area contributed by atoms with Crippen LogP contribution in [-0.4, -0.2) is 18.2 Å². The molecular weight excluding hydrogens is 229 g/mol. The second-order valence-corrected chi connectivity index (χ2v) is 5.95. The molecule has 0 amide bonds. The van der Waals surface area contributed by atoms with Gasteiger partial charge < -0.3 is 9.88 Å². The molecule has 4 heteroatoms. The van der Waals surface area contributed by atoms with Crippen molar-refractivity contribution in [3.8, 4) is 0 Å². The highest BCUT2D eigenvalue weighted by atomic mass is 32.2. The van der Waals surface area contributed by atoms with Crippen molar-refractivity contribution in [2.75, 3.05) is 5.75 Å². The molecule has 0 aromatic heterocycles. The topological polar surface area (TPSA) is 21.3 Å². The van der Waals surface area contributed by atoms with Crippen LogP contribution in [0.2, 0.25) is 0 Å². The molecule has 0 saturated carbocycles. The minimum atomic E-state index is 0.199. The van der Waals surface area contributed by atoms with Crippen molar-refractivity contribution in [2.45, 2.75) is 38.3 Å². The van der Waals surface area contributed by atoms with Gasteiger partial charge in [0.05, 0.1) is 12.1 Å². The highest BCUT2D eigenvalue weighted by molar-refractivity contribution is 8.24. The number of unbranched alkanes of at least 4 members (excludes halogenated alkanes) is 1. The van der Waals surface area contributed by atoms with E-state index in [0.29, 0.717) is 12.1 Å². The third-order valence-corrected chi connectivity index (χ3v) is 4.64. The Morgan fingerprint density at radius 3 is 3.24 bits per heavy atom. The third kappa shape index (κ3) is 2.26. The highest BCUT2D eigenvalue weighted by Crippen LogP contribution is 2.38. The van der Waals surface area contributed by atoms with Crippen LogP contribution in [0.1, 0.15) is 36.9 Å². The zero-order chi connectivity index (χ0) is 11.7. The molecular formula is C13H18BNOS. The summed E-state index contributed by atoms with van der Waals surface area (Å²) < 4.78 is 6.07. The molecule has 0 bridgehead atoms. The summed E-state index contributed by atoms with van der Waals surface area (Å²) in [7, 11) is 0. The Labute approximate surface area is 108 Å². The first-order valence-electron chi connectivity index (χ1n) is 6.49. The maximum Gasteiger partial charge on any atom is 0.453 e. The molecule has 0 radical (unpaired) electrons. The third-order valence-electron chi connectivity index (χ3n) is 3.56. The molecule has 2 unspecified atom stereocenters. The maximum absolute atomic E-state index is 6.07. The summed E-state index contributed by atoms with van der Waals surface area (Å²) in [6.45, 7) is 2.23. The van der Waals surface area contributed by atoms with Crippen molar-refractivity contribution >= 4 is 17.9 Å². The van der Waals surface area contributed by atoms with Crippen molar-refractivity contribution in [1.82, 2.24) is 5.23 Å². The maximum atomic E-state index is 6.07. The Morgan fingerprint density at radius 1 is 1.47 bits per heavy atom. The summed E-state index contributed by atoms with van der Waals surface area (Å²) in [5, 5.41) is 3.61. The zero-order valence-corrected chi connectivity index (χ0v) is 11.0. The molecule has 1 aromatic carbocycles. The lowest BCUT2D eigenvalue weighted by molar-refractivity contribution is 0.230. The van der Waals surface area contributed by atoms with E-state index in [1.807, 2.05) is 11.6 Å². The van der Waals surface area contributed by atoms with E-state index in [-0.39, 0.29) is 6.33 Å². The smallest absolute Gasteiger partial charge is 0.407 e. The Balaban J connectivity index is 1.63. The molecule has 2 aliphatic rings. The van der Waals surface area contributed by atoms with Gasteiger partial charge in [-0.1, -0.05) is 37.6 Å². The lowest BCUT2D eigenvalue weighted by Crippen LogP contribution is -2.27. The molecule has 1 aliphatic heterocycles. The highest BCUT2D eigenvalue weighted by Gasteiger charge is 2.43. The number of nitrogens with one attached hydrogen (secondary N) is 1. The predicted molar refractivity (Wildman–Crippen MR) is 74.0 cm³/mol. The van der Waals surface area contributed by atoms with Crippen molar-refractivity contribution in [3.05, 3.63) is 35.4 Å². The van der Waals surface area contributed by atoms with E-state index in [9.17, 15) is 0 Å². The van der Waals surface area contributed by atoms with Crippen molar-refractivity contribution < 1.29 is 4.65 Å². The van der Waals surface area contributed by atoms with E-state index < -0.39 is 0 Å². The summed E-state index contributed by atoms with van der Waals surface area (Å²) in [6.07, 6.45) is 4.16. The molecule has 1 saturated heterocycles. The van der Waals surface area contributed by atoms with E-state index in [1.54, 1.807) is 0 Å². The van der Waals surface area contributed by atoms with Crippen LogP contribution in [0.5, 0.6) is 0 Å². The first-order valence-corrected chi connectivity index (χ1v) is 7.54. The van der Waals surface area contributed by atoms with Crippen LogP contribution in [0.4, 0.5) is 0 Å². The minimum Gasteiger partial charge on any atom is -0.407 e. The number of hydrogen-bond donors (Lipinski definition) is 1. The molecule has 90 valence electrons. The number of fused-ring (bicyclic) bond motifs is 3. The Hall–Kier alpha value is -0.445. The van der Waals surface area contributed by atoms with E-state index >= 15 is 0 Å². The summed E-state index contributed by atoms with van der Waals surface area (Å²) in [6, 6.07) is 9.12. The van der Waals surface area contributed by atoms with Gasteiger partial charge in [-0.05, 0) is 29.7 Å². The van der Waals surface area contributed by atoms with Crippen LogP contribution in [0, 0.1) is 0 Å². The second-order valence-electron chi connectivity index (χ2n) is 4.78. The first kappa shape index (κ1) is 11.6. The molecule has 17 heavy (non-hydrogen) atoms. The summed E-state index contributed by atoms with van der Waals surface area (Å²) in [4.78, 5) is 0. The monoisotopic (exact) mass is 247 g/mol. The molecule has 0 spiro atoms. The fourth-order valence-corrected chi connectivity index (χ4v) is 3.78. The summed E-state index contributed by atoms with van der Waals surface area (Å²) >= 11 is 1.91. The van der Waals surface area contributed by atoms with E-state index in [1.165, 1.54) is 29.7 Å². The van der Waals surface area contributed by atoms with E-state index in [2.05, 4.69) is 36.4 Å². The molecule has 1 N–H and O–H groups in total. The van der Waals surface area contributed by atoms with E-state index in [0.717, 1.165) is 6.42 Å². The van der Waals surface area contributed by atoms with Gasteiger partial charge in [-0.2, -0.15) is 11.6 Å². The summed E-state index contributed by atoms with van der Waals surface area (Å²) in [5.74, 6) is 1.19. The van der Waals surface area contributed by atoms with Gasteiger partial charge in [0.15, 0.2) is 0 Å². The molecule has 1 aliphatic carbocycles. The number of rotatable bonds is 4. The normalized spacial score (nSPS) is 26.1. The Morgan fingerprint density at radius 2 is 2.35 bits per heavy atom. The van der Waals surface area contributed by atoms with Crippen LogP contribution >= 0.6 is 11.6 Å². The van der Waals surface area contributed by atoms with Crippen molar-refractivity contribution in [1.29, 1.82) is 0 Å². The molecule has 2 nitrogen and oxygen atoms in total. The van der Waals surface area contributed by atoms with Crippen LogP contribution in [-0.2, 0) is 11.1 Å².